The average Bonchev–Trinajstić information content (AvgIpc) is 2.39. The van der Waals surface area contributed by atoms with Gasteiger partial charge in [-0.2, -0.15) is 0 Å². The Morgan fingerprint density at radius 3 is 2.95 bits per heavy atom. The van der Waals surface area contributed by atoms with Crippen molar-refractivity contribution in [1.82, 2.24) is 4.98 Å². The predicted molar refractivity (Wildman–Crippen MR) is 76.9 cm³/mol. The van der Waals surface area contributed by atoms with Crippen molar-refractivity contribution in [2.75, 3.05) is 12.4 Å². The number of anilines is 1. The summed E-state index contributed by atoms with van der Waals surface area (Å²) in [6.45, 7) is 1.77. The summed E-state index contributed by atoms with van der Waals surface area (Å²) < 4.78 is 13.6. The minimum Gasteiger partial charge on any atom is -0.403 e. The van der Waals surface area contributed by atoms with Gasteiger partial charge in [-0.15, -0.1) is 0 Å². The number of hydrogen-bond acceptors (Lipinski definition) is 4. The molecule has 1 heterocycles. The Bertz CT molecular complexity index is 532. The standard InChI is InChI=1S/C13H16FN5/c1-10-8-11(14)13(18-9-10)19-12(17-7-5-15)4-3-6-16-2/h3-9H,15H2,1-2H3,(H,17,18,19)/b4-3+,7-5-,16-6?. The van der Waals surface area contributed by atoms with Gasteiger partial charge in [-0.05, 0) is 30.7 Å². The van der Waals surface area contributed by atoms with Gasteiger partial charge in [0.1, 0.15) is 5.84 Å². The zero-order valence-electron chi connectivity index (χ0n) is 10.8. The molecule has 0 fully saturated rings. The van der Waals surface area contributed by atoms with Crippen molar-refractivity contribution in [2.45, 2.75) is 6.92 Å². The smallest absolute Gasteiger partial charge is 0.167 e. The van der Waals surface area contributed by atoms with Crippen molar-refractivity contribution in [3.63, 3.8) is 0 Å². The molecule has 0 saturated heterocycles. The number of nitrogens with zero attached hydrogens (tertiary/aromatic N) is 3. The summed E-state index contributed by atoms with van der Waals surface area (Å²) in [7, 11) is 1.65. The highest BCUT2D eigenvalue weighted by Crippen LogP contribution is 2.11. The summed E-state index contributed by atoms with van der Waals surface area (Å²) in [5, 5.41) is 2.78. The fraction of sp³-hybridized carbons (Fsp3) is 0.154. The summed E-state index contributed by atoms with van der Waals surface area (Å²) in [6, 6.07) is 1.39. The summed E-state index contributed by atoms with van der Waals surface area (Å²) in [6.07, 6.45) is 9.13. The quantitative estimate of drug-likeness (QED) is 0.643. The molecule has 1 rings (SSSR count). The van der Waals surface area contributed by atoms with E-state index >= 15 is 0 Å². The van der Waals surface area contributed by atoms with Gasteiger partial charge < -0.3 is 11.1 Å². The summed E-state index contributed by atoms with van der Waals surface area (Å²) in [4.78, 5) is 11.8. The van der Waals surface area contributed by atoms with Crippen LogP contribution < -0.4 is 11.1 Å². The maximum Gasteiger partial charge on any atom is 0.167 e. The van der Waals surface area contributed by atoms with E-state index in [-0.39, 0.29) is 5.82 Å². The number of nitrogens with two attached hydrogens (primary N) is 1. The van der Waals surface area contributed by atoms with Crippen molar-refractivity contribution < 1.29 is 4.39 Å². The molecule has 0 unspecified atom stereocenters. The van der Waals surface area contributed by atoms with Crippen LogP contribution in [0, 0.1) is 12.7 Å². The molecular formula is C13H16FN5. The topological polar surface area (TPSA) is 75.7 Å². The van der Waals surface area contributed by atoms with E-state index in [1.54, 1.807) is 38.5 Å². The Labute approximate surface area is 111 Å². The van der Waals surface area contributed by atoms with Gasteiger partial charge in [0.15, 0.2) is 11.6 Å². The Morgan fingerprint density at radius 2 is 2.32 bits per heavy atom. The van der Waals surface area contributed by atoms with E-state index in [1.165, 1.54) is 18.5 Å². The molecule has 1 aromatic rings. The highest BCUT2D eigenvalue weighted by Gasteiger charge is 2.04. The van der Waals surface area contributed by atoms with E-state index in [4.69, 9.17) is 5.73 Å². The molecule has 0 aromatic carbocycles. The average molecular weight is 261 g/mol. The molecule has 0 aliphatic carbocycles. The lowest BCUT2D eigenvalue weighted by Gasteiger charge is -2.06. The molecule has 19 heavy (non-hydrogen) atoms. The lowest BCUT2D eigenvalue weighted by atomic mass is 10.3. The fourth-order valence-electron chi connectivity index (χ4n) is 1.21. The van der Waals surface area contributed by atoms with Crippen molar-refractivity contribution in [3.8, 4) is 0 Å². The predicted octanol–water partition coefficient (Wildman–Crippen LogP) is 2.03. The highest BCUT2D eigenvalue weighted by molar-refractivity contribution is 6.05. The summed E-state index contributed by atoms with van der Waals surface area (Å²) >= 11 is 0. The second-order valence-corrected chi connectivity index (χ2v) is 3.59. The largest absolute Gasteiger partial charge is 0.403 e. The normalized spacial score (nSPS) is 12.9. The van der Waals surface area contributed by atoms with Gasteiger partial charge in [0, 0.05) is 31.9 Å². The number of rotatable bonds is 4. The van der Waals surface area contributed by atoms with Crippen LogP contribution in [0.2, 0.25) is 0 Å². The van der Waals surface area contributed by atoms with Crippen molar-refractivity contribution in [1.29, 1.82) is 0 Å². The highest BCUT2D eigenvalue weighted by atomic mass is 19.1. The third-order valence-corrected chi connectivity index (χ3v) is 2.01. The van der Waals surface area contributed by atoms with Crippen LogP contribution >= 0.6 is 0 Å². The maximum atomic E-state index is 13.6. The lowest BCUT2D eigenvalue weighted by Crippen LogP contribution is -2.11. The van der Waals surface area contributed by atoms with Gasteiger partial charge in [-0.1, -0.05) is 0 Å². The van der Waals surface area contributed by atoms with Crippen LogP contribution in [-0.2, 0) is 0 Å². The van der Waals surface area contributed by atoms with Crippen molar-refractivity contribution in [3.05, 3.63) is 48.2 Å². The molecule has 100 valence electrons. The third-order valence-electron chi connectivity index (χ3n) is 2.01. The van der Waals surface area contributed by atoms with E-state index in [2.05, 4.69) is 20.3 Å². The molecule has 0 atom stereocenters. The first-order valence-corrected chi connectivity index (χ1v) is 5.60. The molecule has 0 radical (unpaired) electrons. The van der Waals surface area contributed by atoms with Gasteiger partial charge >= 0.3 is 0 Å². The van der Waals surface area contributed by atoms with Crippen molar-refractivity contribution >= 4 is 17.9 Å². The first kappa shape index (κ1) is 14.6. The molecule has 5 nitrogen and oxygen atoms in total. The lowest BCUT2D eigenvalue weighted by molar-refractivity contribution is 0.625. The number of pyridine rings is 1. The minimum atomic E-state index is -0.443. The Kier molecular flexibility index (Phi) is 5.94. The molecule has 0 bridgehead atoms. The van der Waals surface area contributed by atoms with Gasteiger partial charge in [0.25, 0.3) is 0 Å². The maximum absolute atomic E-state index is 13.6. The number of hydrogen-bond donors (Lipinski definition) is 2. The molecule has 0 amide bonds. The van der Waals surface area contributed by atoms with E-state index < -0.39 is 5.82 Å². The minimum absolute atomic E-state index is 0.104. The molecule has 6 heteroatoms. The second kappa shape index (κ2) is 7.75. The van der Waals surface area contributed by atoms with E-state index in [0.717, 1.165) is 5.56 Å². The van der Waals surface area contributed by atoms with Crippen LogP contribution in [0.5, 0.6) is 0 Å². The number of aryl methyl sites for hydroxylation is 1. The molecule has 1 aromatic heterocycles. The van der Waals surface area contributed by atoms with E-state index in [1.807, 2.05) is 0 Å². The van der Waals surface area contributed by atoms with Crippen molar-refractivity contribution in [2.24, 2.45) is 15.7 Å². The van der Waals surface area contributed by atoms with Crippen LogP contribution in [0.3, 0.4) is 0 Å². The van der Waals surface area contributed by atoms with Crippen LogP contribution in [0.1, 0.15) is 5.56 Å². The monoisotopic (exact) mass is 261 g/mol. The first-order valence-electron chi connectivity index (χ1n) is 5.60. The number of aliphatic imine (C=N–C) groups is 2. The summed E-state index contributed by atoms with van der Waals surface area (Å²) in [5.41, 5.74) is 5.97. The number of nitrogens with one attached hydrogen (secondary N) is 1. The zero-order chi connectivity index (χ0) is 14.1. The number of aromatic nitrogens is 1. The SMILES string of the molecule is CN=C/C=C/C(=N\C=C/N)Nc1ncc(C)cc1F. The van der Waals surface area contributed by atoms with Gasteiger partial charge in [-0.3, -0.25) is 4.99 Å². The van der Waals surface area contributed by atoms with Gasteiger partial charge in [0.2, 0.25) is 0 Å². The number of amidine groups is 1. The Balaban J connectivity index is 2.94. The molecule has 0 spiro atoms. The Hall–Kier alpha value is -2.50. The first-order chi connectivity index (χ1) is 9.17. The second-order valence-electron chi connectivity index (χ2n) is 3.59. The number of allylic oxidation sites excluding steroid dienone is 1. The molecule has 0 saturated carbocycles. The fourth-order valence-corrected chi connectivity index (χ4v) is 1.21. The van der Waals surface area contributed by atoms with Crippen LogP contribution in [0.25, 0.3) is 0 Å². The van der Waals surface area contributed by atoms with Gasteiger partial charge in [-0.25, -0.2) is 14.4 Å². The summed E-state index contributed by atoms with van der Waals surface area (Å²) in [5.74, 6) is 0.0618. The van der Waals surface area contributed by atoms with Crippen LogP contribution in [0.4, 0.5) is 10.2 Å². The Morgan fingerprint density at radius 1 is 1.53 bits per heavy atom. The number of halogens is 1. The zero-order valence-corrected chi connectivity index (χ0v) is 10.8. The van der Waals surface area contributed by atoms with E-state index in [0.29, 0.717) is 5.84 Å². The van der Waals surface area contributed by atoms with E-state index in [9.17, 15) is 4.39 Å². The molecule has 0 aliphatic heterocycles. The molecular weight excluding hydrogens is 245 g/mol. The van der Waals surface area contributed by atoms with Crippen LogP contribution in [-0.4, -0.2) is 24.1 Å². The molecule has 0 aliphatic rings. The van der Waals surface area contributed by atoms with Gasteiger partial charge in [0.05, 0.1) is 0 Å². The molecule has 3 N–H and O–H groups in total. The van der Waals surface area contributed by atoms with Crippen LogP contribution in [0.15, 0.2) is 46.8 Å². The third kappa shape index (κ3) is 5.12.